The highest BCUT2D eigenvalue weighted by Gasteiger charge is 2.21. The summed E-state index contributed by atoms with van der Waals surface area (Å²) in [4.78, 5) is 2.29. The lowest BCUT2D eigenvalue weighted by atomic mass is 10.1. The van der Waals surface area contributed by atoms with Gasteiger partial charge in [0.05, 0.1) is 5.02 Å². The van der Waals surface area contributed by atoms with E-state index in [1.807, 2.05) is 6.07 Å². The Kier molecular flexibility index (Phi) is 4.37. The van der Waals surface area contributed by atoms with E-state index < -0.39 is 0 Å². The van der Waals surface area contributed by atoms with Gasteiger partial charge in [0.25, 0.3) is 0 Å². The Morgan fingerprint density at radius 1 is 1.47 bits per heavy atom. The van der Waals surface area contributed by atoms with E-state index in [4.69, 9.17) is 16.7 Å². The van der Waals surface area contributed by atoms with Crippen molar-refractivity contribution in [3.8, 4) is 0 Å². The maximum atomic E-state index is 13.3. The van der Waals surface area contributed by atoms with Crippen LogP contribution >= 0.6 is 11.6 Å². The molecule has 1 fully saturated rings. The Hall–Kier alpha value is -0.640. The number of aliphatic hydroxyl groups excluding tert-OH is 1. The summed E-state index contributed by atoms with van der Waals surface area (Å²) >= 11 is 5.65. The molecule has 1 saturated heterocycles. The zero-order valence-corrected chi connectivity index (χ0v) is 10.5. The summed E-state index contributed by atoms with van der Waals surface area (Å²) in [5.74, 6) is 0.229. The molecule has 1 atom stereocenters. The largest absolute Gasteiger partial charge is 0.396 e. The van der Waals surface area contributed by atoms with Gasteiger partial charge in [-0.1, -0.05) is 17.7 Å². The Labute approximate surface area is 106 Å². The molecule has 1 aliphatic rings. The van der Waals surface area contributed by atoms with Crippen LogP contribution in [0.15, 0.2) is 18.2 Å². The minimum atomic E-state index is -0.352. The first kappa shape index (κ1) is 12.8. The van der Waals surface area contributed by atoms with Crippen LogP contribution in [0.1, 0.15) is 18.4 Å². The van der Waals surface area contributed by atoms with Crippen LogP contribution in [0.4, 0.5) is 4.39 Å². The average molecular weight is 258 g/mol. The number of likely N-dealkylation sites (tertiary alicyclic amines) is 1. The van der Waals surface area contributed by atoms with Gasteiger partial charge in [0.15, 0.2) is 0 Å². The molecule has 1 aromatic rings. The number of nitrogens with zero attached hydrogens (tertiary/aromatic N) is 1. The van der Waals surface area contributed by atoms with E-state index in [1.54, 1.807) is 6.07 Å². The van der Waals surface area contributed by atoms with Gasteiger partial charge >= 0.3 is 0 Å². The lowest BCUT2D eigenvalue weighted by Gasteiger charge is -2.16. The van der Waals surface area contributed by atoms with Crippen molar-refractivity contribution in [3.05, 3.63) is 34.6 Å². The van der Waals surface area contributed by atoms with E-state index in [-0.39, 0.29) is 17.4 Å². The molecular formula is C13H17ClFNO. The Morgan fingerprint density at radius 2 is 2.29 bits per heavy atom. The summed E-state index contributed by atoms with van der Waals surface area (Å²) in [5, 5.41) is 9.06. The number of benzene rings is 1. The quantitative estimate of drug-likeness (QED) is 0.897. The predicted molar refractivity (Wildman–Crippen MR) is 66.5 cm³/mol. The normalized spacial score (nSPS) is 21.0. The van der Waals surface area contributed by atoms with Crippen molar-refractivity contribution in [1.29, 1.82) is 0 Å². The van der Waals surface area contributed by atoms with Crippen molar-refractivity contribution >= 4 is 11.6 Å². The van der Waals surface area contributed by atoms with Crippen molar-refractivity contribution in [1.82, 2.24) is 4.90 Å². The SMILES string of the molecule is OCCC1CCN(Cc2ccc(Cl)c(F)c2)C1. The molecule has 4 heteroatoms. The fourth-order valence-electron chi connectivity index (χ4n) is 2.37. The molecule has 1 aliphatic heterocycles. The molecule has 17 heavy (non-hydrogen) atoms. The molecule has 0 radical (unpaired) electrons. The summed E-state index contributed by atoms with van der Waals surface area (Å²) in [7, 11) is 0. The molecule has 2 rings (SSSR count). The summed E-state index contributed by atoms with van der Waals surface area (Å²) in [6.07, 6.45) is 1.99. The second-order valence-corrected chi connectivity index (χ2v) is 5.06. The second-order valence-electron chi connectivity index (χ2n) is 4.65. The fourth-order valence-corrected chi connectivity index (χ4v) is 2.49. The standard InChI is InChI=1S/C13H17ClFNO/c14-12-2-1-11(7-13(12)15)9-16-5-3-10(8-16)4-6-17/h1-2,7,10,17H,3-6,8-9H2. The van der Waals surface area contributed by atoms with Crippen molar-refractivity contribution in [2.75, 3.05) is 19.7 Å². The Bertz CT molecular complexity index is 386. The first-order valence-corrected chi connectivity index (χ1v) is 6.34. The first-order chi connectivity index (χ1) is 8.19. The maximum Gasteiger partial charge on any atom is 0.142 e. The van der Waals surface area contributed by atoms with Crippen LogP contribution in [-0.2, 0) is 6.54 Å². The van der Waals surface area contributed by atoms with Crippen LogP contribution in [-0.4, -0.2) is 29.7 Å². The molecule has 0 bridgehead atoms. The monoisotopic (exact) mass is 257 g/mol. The topological polar surface area (TPSA) is 23.5 Å². The van der Waals surface area contributed by atoms with Crippen LogP contribution < -0.4 is 0 Å². The van der Waals surface area contributed by atoms with Gasteiger partial charge in [-0.25, -0.2) is 4.39 Å². The maximum absolute atomic E-state index is 13.3. The minimum absolute atomic E-state index is 0.174. The summed E-state index contributed by atoms with van der Waals surface area (Å²) in [6, 6.07) is 4.97. The first-order valence-electron chi connectivity index (χ1n) is 5.96. The molecule has 1 aromatic carbocycles. The summed E-state index contributed by atoms with van der Waals surface area (Å²) < 4.78 is 13.3. The van der Waals surface area contributed by atoms with Gasteiger partial charge in [-0.15, -0.1) is 0 Å². The number of rotatable bonds is 4. The molecule has 0 aliphatic carbocycles. The van der Waals surface area contributed by atoms with E-state index in [2.05, 4.69) is 4.90 Å². The molecule has 1 heterocycles. The minimum Gasteiger partial charge on any atom is -0.396 e. The second kappa shape index (κ2) is 5.80. The third-order valence-corrected chi connectivity index (χ3v) is 3.60. The summed E-state index contributed by atoms with van der Waals surface area (Å²) in [6.45, 7) is 3.03. The highest BCUT2D eigenvalue weighted by molar-refractivity contribution is 6.30. The van der Waals surface area contributed by atoms with Crippen LogP contribution in [0.5, 0.6) is 0 Å². The Morgan fingerprint density at radius 3 is 3.00 bits per heavy atom. The molecule has 0 aromatic heterocycles. The smallest absolute Gasteiger partial charge is 0.142 e. The molecule has 1 N–H and O–H groups in total. The van der Waals surface area contributed by atoms with E-state index >= 15 is 0 Å². The van der Waals surface area contributed by atoms with Crippen LogP contribution in [0, 0.1) is 11.7 Å². The number of aliphatic hydroxyl groups is 1. The van der Waals surface area contributed by atoms with Crippen molar-refractivity contribution < 1.29 is 9.50 Å². The summed E-state index contributed by atoms with van der Waals surface area (Å²) in [5.41, 5.74) is 0.955. The third kappa shape index (κ3) is 3.41. The lowest BCUT2D eigenvalue weighted by molar-refractivity contribution is 0.249. The van der Waals surface area contributed by atoms with Crippen LogP contribution in [0.25, 0.3) is 0 Å². The van der Waals surface area contributed by atoms with Crippen molar-refractivity contribution in [3.63, 3.8) is 0 Å². The molecule has 94 valence electrons. The van der Waals surface area contributed by atoms with Crippen molar-refractivity contribution in [2.45, 2.75) is 19.4 Å². The number of hydrogen-bond donors (Lipinski definition) is 1. The highest BCUT2D eigenvalue weighted by atomic mass is 35.5. The highest BCUT2D eigenvalue weighted by Crippen LogP contribution is 2.22. The predicted octanol–water partition coefficient (Wildman–Crippen LogP) is 2.68. The van der Waals surface area contributed by atoms with Crippen molar-refractivity contribution in [2.24, 2.45) is 5.92 Å². The molecule has 2 nitrogen and oxygen atoms in total. The van der Waals surface area contributed by atoms with Crippen LogP contribution in [0.2, 0.25) is 5.02 Å². The van der Waals surface area contributed by atoms with E-state index in [1.165, 1.54) is 6.07 Å². The zero-order chi connectivity index (χ0) is 12.3. The van der Waals surface area contributed by atoms with E-state index in [9.17, 15) is 4.39 Å². The zero-order valence-electron chi connectivity index (χ0n) is 9.70. The van der Waals surface area contributed by atoms with Gasteiger partial charge in [-0.05, 0) is 43.0 Å². The molecule has 0 spiro atoms. The molecular weight excluding hydrogens is 241 g/mol. The van der Waals surface area contributed by atoms with Gasteiger partial charge in [-0.2, -0.15) is 0 Å². The van der Waals surface area contributed by atoms with Crippen LogP contribution in [0.3, 0.4) is 0 Å². The van der Waals surface area contributed by atoms with Gasteiger partial charge in [-0.3, -0.25) is 4.90 Å². The number of hydrogen-bond acceptors (Lipinski definition) is 2. The van der Waals surface area contributed by atoms with E-state index in [0.29, 0.717) is 5.92 Å². The van der Waals surface area contributed by atoms with Gasteiger partial charge in [0.2, 0.25) is 0 Å². The van der Waals surface area contributed by atoms with Gasteiger partial charge in [0.1, 0.15) is 5.82 Å². The van der Waals surface area contributed by atoms with E-state index in [0.717, 1.165) is 38.0 Å². The number of halogens is 2. The molecule has 0 amide bonds. The molecule has 0 saturated carbocycles. The average Bonchev–Trinajstić information content (AvgIpc) is 2.72. The van der Waals surface area contributed by atoms with Gasteiger partial charge < -0.3 is 5.11 Å². The lowest BCUT2D eigenvalue weighted by Crippen LogP contribution is -2.20. The van der Waals surface area contributed by atoms with Gasteiger partial charge in [0, 0.05) is 19.7 Å². The fraction of sp³-hybridized carbons (Fsp3) is 0.538. The molecule has 1 unspecified atom stereocenters. The Balaban J connectivity index is 1.91. The third-order valence-electron chi connectivity index (χ3n) is 3.30.